The van der Waals surface area contributed by atoms with Gasteiger partial charge in [-0.1, -0.05) is 18.2 Å². The molecule has 1 aliphatic heterocycles. The summed E-state index contributed by atoms with van der Waals surface area (Å²) in [5.74, 6) is 0.900. The average molecular weight is 392 g/mol. The molecule has 0 fully saturated rings. The van der Waals surface area contributed by atoms with E-state index in [-0.39, 0.29) is 18.5 Å². The number of carbonyl (C=O) groups excluding carboxylic acids is 2. The van der Waals surface area contributed by atoms with E-state index in [0.717, 1.165) is 5.69 Å². The lowest BCUT2D eigenvalue weighted by Crippen LogP contribution is -2.22. The molecule has 6 nitrogen and oxygen atoms in total. The predicted octanol–water partition coefficient (Wildman–Crippen LogP) is 4.45. The number of aromatic nitrogens is 1. The molecule has 140 valence electrons. The first-order valence-corrected chi connectivity index (χ1v) is 9.43. The predicted molar refractivity (Wildman–Crippen MR) is 107 cm³/mol. The van der Waals surface area contributed by atoms with Crippen LogP contribution in [0.3, 0.4) is 0 Å². The number of anilines is 2. The smallest absolute Gasteiger partial charge is 0.231 e. The molecule has 3 aromatic rings. The van der Waals surface area contributed by atoms with Crippen LogP contribution in [0.4, 0.5) is 10.8 Å². The Morgan fingerprint density at radius 2 is 1.89 bits per heavy atom. The van der Waals surface area contributed by atoms with Gasteiger partial charge in [-0.3, -0.25) is 14.5 Å². The molecule has 4 rings (SSSR count). The number of para-hydroxylation sites is 1. The zero-order valence-corrected chi connectivity index (χ0v) is 15.8. The first-order valence-electron chi connectivity index (χ1n) is 8.55. The molecule has 28 heavy (non-hydrogen) atoms. The lowest BCUT2D eigenvalue weighted by Gasteiger charge is -2.17. The molecule has 0 N–H and O–H groups in total. The molecule has 0 unspecified atom stereocenters. The zero-order chi connectivity index (χ0) is 19.5. The second-order valence-electron chi connectivity index (χ2n) is 6.01. The molecule has 0 bridgehead atoms. The molecule has 0 spiro atoms. The van der Waals surface area contributed by atoms with Crippen molar-refractivity contribution in [2.45, 2.75) is 6.92 Å². The maximum atomic E-state index is 12.4. The third-order valence-electron chi connectivity index (χ3n) is 4.09. The van der Waals surface area contributed by atoms with E-state index in [1.807, 2.05) is 30.3 Å². The van der Waals surface area contributed by atoms with Crippen LogP contribution in [0.15, 0.2) is 60.0 Å². The van der Waals surface area contributed by atoms with E-state index >= 15 is 0 Å². The fourth-order valence-electron chi connectivity index (χ4n) is 2.77. The molecule has 1 aliphatic rings. The zero-order valence-electron chi connectivity index (χ0n) is 15.0. The van der Waals surface area contributed by atoms with Crippen LogP contribution in [0.25, 0.3) is 6.08 Å². The van der Waals surface area contributed by atoms with E-state index in [1.54, 1.807) is 34.6 Å². The lowest BCUT2D eigenvalue weighted by atomic mass is 10.1. The second kappa shape index (κ2) is 7.66. The monoisotopic (exact) mass is 392 g/mol. The van der Waals surface area contributed by atoms with Gasteiger partial charge in [0.15, 0.2) is 22.4 Å². The Labute approximate surface area is 165 Å². The maximum Gasteiger partial charge on any atom is 0.231 e. The number of hydrogen-bond donors (Lipinski definition) is 0. The number of allylic oxidation sites excluding steroid dienone is 1. The van der Waals surface area contributed by atoms with Crippen molar-refractivity contribution in [3.05, 3.63) is 71.2 Å². The van der Waals surface area contributed by atoms with E-state index in [9.17, 15) is 9.59 Å². The number of nitrogens with zero attached hydrogens (tertiary/aromatic N) is 2. The van der Waals surface area contributed by atoms with Crippen molar-refractivity contribution in [2.24, 2.45) is 0 Å². The molecule has 0 aliphatic carbocycles. The summed E-state index contributed by atoms with van der Waals surface area (Å²) in [6, 6.07) is 14.4. The first-order chi connectivity index (χ1) is 13.6. The summed E-state index contributed by atoms with van der Waals surface area (Å²) in [6.45, 7) is 1.66. The highest BCUT2D eigenvalue weighted by molar-refractivity contribution is 7.14. The number of benzene rings is 2. The number of carbonyl (C=O) groups is 2. The minimum atomic E-state index is -0.167. The van der Waals surface area contributed by atoms with Gasteiger partial charge in [-0.05, 0) is 42.5 Å². The van der Waals surface area contributed by atoms with E-state index in [2.05, 4.69) is 4.98 Å². The van der Waals surface area contributed by atoms with E-state index in [0.29, 0.717) is 27.9 Å². The quantitative estimate of drug-likeness (QED) is 0.474. The molecule has 0 saturated carbocycles. The van der Waals surface area contributed by atoms with Crippen LogP contribution < -0.4 is 14.4 Å². The van der Waals surface area contributed by atoms with Crippen molar-refractivity contribution in [3.63, 3.8) is 0 Å². The Kier molecular flexibility index (Phi) is 4.90. The van der Waals surface area contributed by atoms with Gasteiger partial charge in [0, 0.05) is 17.9 Å². The summed E-state index contributed by atoms with van der Waals surface area (Å²) in [5, 5.41) is 2.35. The summed E-state index contributed by atoms with van der Waals surface area (Å²) in [7, 11) is 0. The number of ether oxygens (including phenoxy) is 2. The van der Waals surface area contributed by atoms with Gasteiger partial charge in [-0.2, -0.15) is 0 Å². The van der Waals surface area contributed by atoms with E-state index in [1.165, 1.54) is 24.3 Å². The normalized spacial score (nSPS) is 12.3. The molecule has 7 heteroatoms. The third kappa shape index (κ3) is 3.65. The van der Waals surface area contributed by atoms with Gasteiger partial charge < -0.3 is 9.47 Å². The van der Waals surface area contributed by atoms with Gasteiger partial charge in [0.05, 0.1) is 11.4 Å². The van der Waals surface area contributed by atoms with Gasteiger partial charge in [-0.15, -0.1) is 11.3 Å². The minimum absolute atomic E-state index is 0.132. The maximum absolute atomic E-state index is 12.4. The Balaban J connectivity index is 1.52. The topological polar surface area (TPSA) is 68.7 Å². The molecular formula is C21H16N2O4S. The van der Waals surface area contributed by atoms with Gasteiger partial charge in [0.2, 0.25) is 12.7 Å². The summed E-state index contributed by atoms with van der Waals surface area (Å²) in [6.07, 6.45) is 3.09. The number of thiazole rings is 1. The summed E-state index contributed by atoms with van der Waals surface area (Å²) >= 11 is 1.34. The fourth-order valence-corrected chi connectivity index (χ4v) is 3.62. The summed E-state index contributed by atoms with van der Waals surface area (Å²) < 4.78 is 10.6. The molecule has 2 aromatic carbocycles. The number of hydrogen-bond acceptors (Lipinski definition) is 6. The molecule has 1 amide bonds. The number of rotatable bonds is 5. The Morgan fingerprint density at radius 1 is 1.11 bits per heavy atom. The van der Waals surface area contributed by atoms with Crippen molar-refractivity contribution in [1.29, 1.82) is 0 Å². The van der Waals surface area contributed by atoms with Gasteiger partial charge in [0.1, 0.15) is 0 Å². The van der Waals surface area contributed by atoms with Crippen molar-refractivity contribution < 1.29 is 19.1 Å². The summed E-state index contributed by atoms with van der Waals surface area (Å²) in [5.41, 5.74) is 1.86. The van der Waals surface area contributed by atoms with Crippen molar-refractivity contribution >= 4 is 39.9 Å². The summed E-state index contributed by atoms with van der Waals surface area (Å²) in [4.78, 5) is 30.5. The Morgan fingerprint density at radius 3 is 2.68 bits per heavy atom. The third-order valence-corrected chi connectivity index (χ3v) is 4.94. The molecule has 1 aromatic heterocycles. The number of amides is 1. The van der Waals surface area contributed by atoms with Gasteiger partial charge in [0.25, 0.3) is 0 Å². The van der Waals surface area contributed by atoms with Gasteiger partial charge in [-0.25, -0.2) is 4.98 Å². The molecule has 0 saturated heterocycles. The highest BCUT2D eigenvalue weighted by atomic mass is 32.1. The SMILES string of the molecule is CC(=O)N(c1ccccc1)c1nc(/C=C/C(=O)c2ccc3c(c2)OCO3)cs1. The van der Waals surface area contributed by atoms with Crippen LogP contribution in [0.2, 0.25) is 0 Å². The van der Waals surface area contributed by atoms with E-state index < -0.39 is 0 Å². The van der Waals surface area contributed by atoms with Gasteiger partial charge >= 0.3 is 0 Å². The Hall–Kier alpha value is -3.45. The largest absolute Gasteiger partial charge is 0.454 e. The van der Waals surface area contributed by atoms with Crippen molar-refractivity contribution in [1.82, 2.24) is 4.98 Å². The van der Waals surface area contributed by atoms with Crippen LogP contribution in [0.5, 0.6) is 11.5 Å². The first kappa shape index (κ1) is 17.9. The number of ketones is 1. The standard InChI is InChI=1S/C21H16N2O4S/c1-14(24)23(17-5-3-2-4-6-17)21-22-16(12-28-21)8-9-18(25)15-7-10-19-20(11-15)27-13-26-19/h2-12H,13H2,1H3/b9-8+. The Bertz CT molecular complexity index is 1060. The highest BCUT2D eigenvalue weighted by Crippen LogP contribution is 2.33. The second-order valence-corrected chi connectivity index (χ2v) is 6.85. The van der Waals surface area contributed by atoms with Crippen LogP contribution in [-0.4, -0.2) is 23.5 Å². The highest BCUT2D eigenvalue weighted by Gasteiger charge is 2.18. The van der Waals surface area contributed by atoms with Crippen LogP contribution in [-0.2, 0) is 4.79 Å². The number of fused-ring (bicyclic) bond motifs is 1. The van der Waals surface area contributed by atoms with Crippen LogP contribution in [0, 0.1) is 0 Å². The average Bonchev–Trinajstić information content (AvgIpc) is 3.35. The van der Waals surface area contributed by atoms with E-state index in [4.69, 9.17) is 9.47 Å². The molecule has 0 atom stereocenters. The minimum Gasteiger partial charge on any atom is -0.454 e. The molecule has 0 radical (unpaired) electrons. The van der Waals surface area contributed by atoms with Crippen molar-refractivity contribution in [3.8, 4) is 11.5 Å². The molecular weight excluding hydrogens is 376 g/mol. The van der Waals surface area contributed by atoms with Crippen LogP contribution >= 0.6 is 11.3 Å². The van der Waals surface area contributed by atoms with Crippen molar-refractivity contribution in [2.75, 3.05) is 11.7 Å². The fraction of sp³-hybridized carbons (Fsp3) is 0.0952. The molecule has 2 heterocycles. The lowest BCUT2D eigenvalue weighted by molar-refractivity contribution is -0.115. The van der Waals surface area contributed by atoms with Crippen LogP contribution in [0.1, 0.15) is 23.0 Å².